The van der Waals surface area contributed by atoms with Crippen molar-refractivity contribution in [2.75, 3.05) is 23.9 Å². The number of carbonyl (C=O) groups excluding carboxylic acids is 2. The molecule has 1 aliphatic rings. The first kappa shape index (κ1) is 39.6. The Labute approximate surface area is 327 Å². The van der Waals surface area contributed by atoms with E-state index in [0.29, 0.717) is 50.0 Å². The summed E-state index contributed by atoms with van der Waals surface area (Å²) in [5, 5.41) is 15.5. The number of aliphatic hydroxyl groups is 1. The van der Waals surface area contributed by atoms with Crippen molar-refractivity contribution in [3.05, 3.63) is 144 Å². The summed E-state index contributed by atoms with van der Waals surface area (Å²) >= 11 is 1.71. The number of nitrogen functional groups attached to an aromatic ring is 1. The van der Waals surface area contributed by atoms with Crippen LogP contribution in [0.4, 0.5) is 11.4 Å². The quantitative estimate of drug-likeness (QED) is 0.0420. The molecule has 0 aliphatic carbocycles. The monoisotopic (exact) mass is 759 g/mol. The van der Waals surface area contributed by atoms with Gasteiger partial charge < -0.3 is 35.7 Å². The number of anilines is 2. The van der Waals surface area contributed by atoms with Gasteiger partial charge in [-0.2, -0.15) is 0 Å². The molecule has 10 heteroatoms. The number of hydrogen-bond acceptors (Lipinski definition) is 8. The molecule has 5 aromatic rings. The molecule has 5 N–H and O–H groups in total. The molecule has 0 saturated carbocycles. The van der Waals surface area contributed by atoms with Crippen molar-refractivity contribution in [2.24, 2.45) is 0 Å². The van der Waals surface area contributed by atoms with E-state index in [1.165, 1.54) is 0 Å². The number of hydrogen-bond donors (Lipinski definition) is 4. The highest BCUT2D eigenvalue weighted by Crippen LogP contribution is 2.41. The summed E-state index contributed by atoms with van der Waals surface area (Å²) in [4.78, 5) is 26.1. The van der Waals surface area contributed by atoms with E-state index in [1.807, 2.05) is 84.9 Å². The summed E-state index contributed by atoms with van der Waals surface area (Å²) in [5.74, 6) is 1.47. The second-order valence-corrected chi connectivity index (χ2v) is 14.6. The lowest BCUT2D eigenvalue weighted by Crippen LogP contribution is -2.31. The number of amides is 2. The van der Waals surface area contributed by atoms with Crippen LogP contribution in [-0.4, -0.2) is 35.9 Å². The number of nitrogens with one attached hydrogen (secondary N) is 2. The summed E-state index contributed by atoms with van der Waals surface area (Å²) in [5.41, 5.74) is 13.0. The second-order valence-electron chi connectivity index (χ2n) is 13.6. The summed E-state index contributed by atoms with van der Waals surface area (Å²) in [6, 6.07) is 39.4. The molecular weight excluding hydrogens is 711 g/mol. The van der Waals surface area contributed by atoms with Crippen LogP contribution in [0, 0.1) is 0 Å². The van der Waals surface area contributed by atoms with Crippen molar-refractivity contribution >= 4 is 35.0 Å². The SMILES string of the molecule is COc1ccccc1SC[C@H]1C[C@@H](c2ccc(CO)cc2)O[C@@H](c2ccc(-c3ccccc3CNC(=O)CCCCCC(=O)Nc3ccccc3N)cc2)O1. The minimum absolute atomic E-state index is 0.00682. The number of aliphatic hydroxyl groups excluding tert-OH is 1. The van der Waals surface area contributed by atoms with Gasteiger partial charge in [-0.05, 0) is 64.9 Å². The van der Waals surface area contributed by atoms with Crippen molar-refractivity contribution in [3.63, 3.8) is 0 Å². The largest absolute Gasteiger partial charge is 0.496 e. The third kappa shape index (κ3) is 11.2. The molecule has 0 unspecified atom stereocenters. The molecule has 9 nitrogen and oxygen atoms in total. The van der Waals surface area contributed by atoms with Gasteiger partial charge in [0.05, 0.1) is 37.3 Å². The molecule has 0 spiro atoms. The lowest BCUT2D eigenvalue weighted by molar-refractivity contribution is -0.245. The van der Waals surface area contributed by atoms with Crippen molar-refractivity contribution in [1.82, 2.24) is 5.32 Å². The van der Waals surface area contributed by atoms with Crippen LogP contribution in [0.15, 0.2) is 126 Å². The zero-order valence-corrected chi connectivity index (χ0v) is 31.9. The highest BCUT2D eigenvalue weighted by Gasteiger charge is 2.32. The Morgan fingerprint density at radius 2 is 1.49 bits per heavy atom. The normalized spacial score (nSPS) is 16.7. The minimum atomic E-state index is -0.569. The number of methoxy groups -OCH3 is 1. The Morgan fingerprint density at radius 1 is 0.800 bits per heavy atom. The van der Waals surface area contributed by atoms with E-state index in [2.05, 4.69) is 34.9 Å². The van der Waals surface area contributed by atoms with E-state index < -0.39 is 6.29 Å². The molecule has 55 heavy (non-hydrogen) atoms. The summed E-state index contributed by atoms with van der Waals surface area (Å²) < 4.78 is 18.8. The number of ether oxygens (including phenoxy) is 3. The molecule has 286 valence electrons. The third-order valence-electron chi connectivity index (χ3n) is 9.64. The van der Waals surface area contributed by atoms with Crippen molar-refractivity contribution in [2.45, 2.75) is 75.1 Å². The Bertz CT molecular complexity index is 2010. The fourth-order valence-electron chi connectivity index (χ4n) is 6.57. The number of thioether (sulfide) groups is 1. The molecule has 1 aliphatic heterocycles. The molecule has 0 radical (unpaired) electrons. The molecule has 0 bridgehead atoms. The summed E-state index contributed by atoms with van der Waals surface area (Å²) in [6.45, 7) is 0.405. The summed E-state index contributed by atoms with van der Waals surface area (Å²) in [7, 11) is 1.68. The first-order chi connectivity index (χ1) is 26.9. The number of para-hydroxylation sites is 3. The number of unbranched alkanes of at least 4 members (excludes halogenated alkanes) is 2. The van der Waals surface area contributed by atoms with Gasteiger partial charge >= 0.3 is 0 Å². The van der Waals surface area contributed by atoms with Gasteiger partial charge in [-0.25, -0.2) is 0 Å². The van der Waals surface area contributed by atoms with Crippen LogP contribution in [0.5, 0.6) is 5.75 Å². The van der Waals surface area contributed by atoms with Gasteiger partial charge in [-0.15, -0.1) is 11.8 Å². The lowest BCUT2D eigenvalue weighted by Gasteiger charge is -2.36. The Balaban J connectivity index is 1.04. The number of carbonyl (C=O) groups is 2. The fourth-order valence-corrected chi connectivity index (χ4v) is 7.62. The van der Waals surface area contributed by atoms with E-state index in [4.69, 9.17) is 19.9 Å². The van der Waals surface area contributed by atoms with Crippen LogP contribution >= 0.6 is 11.8 Å². The Kier molecular flexibility index (Phi) is 14.4. The molecule has 0 aromatic heterocycles. The van der Waals surface area contributed by atoms with Crippen molar-refractivity contribution < 1.29 is 28.9 Å². The maximum absolute atomic E-state index is 12.8. The van der Waals surface area contributed by atoms with Crippen LogP contribution in [-0.2, 0) is 32.2 Å². The van der Waals surface area contributed by atoms with Crippen LogP contribution < -0.4 is 21.1 Å². The van der Waals surface area contributed by atoms with Gasteiger partial charge in [0, 0.05) is 42.0 Å². The molecule has 1 saturated heterocycles. The zero-order chi connectivity index (χ0) is 38.4. The van der Waals surface area contributed by atoms with Crippen molar-refractivity contribution in [1.29, 1.82) is 0 Å². The number of nitrogens with two attached hydrogens (primary N) is 1. The van der Waals surface area contributed by atoms with Gasteiger partial charge in [0.25, 0.3) is 0 Å². The number of benzene rings is 5. The predicted molar refractivity (Wildman–Crippen MR) is 218 cm³/mol. The maximum atomic E-state index is 12.8. The standard InChI is InChI=1S/C45H49N3O6S/c1-52-40-15-9-10-16-42(40)55-30-36-27-41(33-21-19-31(29-49)20-22-33)54-45(53-36)34-25-23-32(24-26-34)37-12-6-5-11-35(37)28-47-43(50)17-3-2-4-18-44(51)48-39-14-8-7-13-38(39)46/h5-16,19-26,36,41,45,49H,2-4,17-18,27-30,46H2,1H3,(H,47,50)(H,48,51)/t36-,41+,45+/m1/s1. The molecule has 2 amide bonds. The van der Waals surface area contributed by atoms with Crippen LogP contribution in [0.3, 0.4) is 0 Å². The average molecular weight is 760 g/mol. The van der Waals surface area contributed by atoms with Gasteiger partial charge in [0.2, 0.25) is 11.8 Å². The van der Waals surface area contributed by atoms with Gasteiger partial charge in [-0.3, -0.25) is 9.59 Å². The molecule has 1 heterocycles. The Hall–Kier alpha value is -5.13. The Morgan fingerprint density at radius 3 is 2.25 bits per heavy atom. The minimum Gasteiger partial charge on any atom is -0.496 e. The third-order valence-corrected chi connectivity index (χ3v) is 10.8. The summed E-state index contributed by atoms with van der Waals surface area (Å²) in [6.07, 6.45) is 2.81. The zero-order valence-electron chi connectivity index (χ0n) is 31.1. The molecule has 1 fully saturated rings. The van der Waals surface area contributed by atoms with E-state index in [0.717, 1.165) is 56.2 Å². The first-order valence-corrected chi connectivity index (χ1v) is 19.7. The molecule has 3 atom stereocenters. The van der Waals surface area contributed by atoms with Crippen LogP contribution in [0.2, 0.25) is 0 Å². The van der Waals surface area contributed by atoms with Crippen LogP contribution in [0.1, 0.15) is 73.2 Å². The molecular formula is C45H49N3O6S. The highest BCUT2D eigenvalue weighted by molar-refractivity contribution is 7.99. The number of rotatable bonds is 17. The van der Waals surface area contributed by atoms with Gasteiger partial charge in [0.15, 0.2) is 6.29 Å². The average Bonchev–Trinajstić information content (AvgIpc) is 3.23. The van der Waals surface area contributed by atoms with E-state index >= 15 is 0 Å². The predicted octanol–water partition coefficient (Wildman–Crippen LogP) is 8.98. The maximum Gasteiger partial charge on any atom is 0.224 e. The van der Waals surface area contributed by atoms with E-state index in [9.17, 15) is 14.7 Å². The van der Waals surface area contributed by atoms with E-state index in [-0.39, 0.29) is 30.6 Å². The van der Waals surface area contributed by atoms with Gasteiger partial charge in [0.1, 0.15) is 5.75 Å². The second kappa shape index (κ2) is 20.0. The van der Waals surface area contributed by atoms with E-state index in [1.54, 1.807) is 31.0 Å². The lowest BCUT2D eigenvalue weighted by atomic mass is 9.97. The molecule has 6 rings (SSSR count). The van der Waals surface area contributed by atoms with Crippen LogP contribution in [0.25, 0.3) is 11.1 Å². The smallest absolute Gasteiger partial charge is 0.224 e. The molecule has 5 aromatic carbocycles. The first-order valence-electron chi connectivity index (χ1n) is 18.8. The topological polar surface area (TPSA) is 132 Å². The van der Waals surface area contributed by atoms with Gasteiger partial charge in [-0.1, -0.05) is 103 Å². The fraction of sp³-hybridized carbons (Fsp3) is 0.289. The van der Waals surface area contributed by atoms with Crippen molar-refractivity contribution in [3.8, 4) is 16.9 Å². The highest BCUT2D eigenvalue weighted by atomic mass is 32.2.